The van der Waals surface area contributed by atoms with Gasteiger partial charge in [0.05, 0.1) is 26.2 Å². The van der Waals surface area contributed by atoms with E-state index in [-0.39, 0.29) is 26.2 Å². The maximum atomic E-state index is 10.3. The number of rotatable bonds is 16. The average Bonchev–Trinajstić information content (AvgIpc) is 2.59. The van der Waals surface area contributed by atoms with E-state index in [0.717, 1.165) is 19.3 Å². The molecule has 0 unspecified atom stereocenters. The predicted octanol–water partition coefficient (Wildman–Crippen LogP) is 1.45. The minimum atomic E-state index is -0.675. The lowest BCUT2D eigenvalue weighted by Gasteiger charge is -2.22. The van der Waals surface area contributed by atoms with E-state index in [1.54, 1.807) is 9.80 Å². The number of aldehydes is 4. The van der Waals surface area contributed by atoms with Crippen molar-refractivity contribution in [2.75, 3.05) is 39.3 Å². The normalized spacial score (nSPS) is 10.9. The zero-order chi connectivity index (χ0) is 21.8. The highest BCUT2D eigenvalue weighted by Crippen LogP contribution is 2.22. The van der Waals surface area contributed by atoms with E-state index >= 15 is 0 Å². The van der Waals surface area contributed by atoms with Crippen molar-refractivity contribution >= 4 is 31.1 Å². The lowest BCUT2D eigenvalue weighted by Crippen LogP contribution is -2.38. The summed E-state index contributed by atoms with van der Waals surface area (Å²) in [6.07, 6.45) is 7.39. The maximum Gasteiger partial charge on any atom is 0.303 e. The van der Waals surface area contributed by atoms with Gasteiger partial charge in [0.1, 0.15) is 25.1 Å². The van der Waals surface area contributed by atoms with Gasteiger partial charge in [-0.25, -0.2) is 0 Å². The molecule has 1 N–H and O–H groups in total. The number of carboxylic acids is 1. The van der Waals surface area contributed by atoms with Gasteiger partial charge in [-0.2, -0.15) is 0 Å². The van der Waals surface area contributed by atoms with Crippen LogP contribution in [0.25, 0.3) is 0 Å². The first-order valence-electron chi connectivity index (χ1n) is 9.61. The van der Waals surface area contributed by atoms with Gasteiger partial charge in [-0.3, -0.25) is 14.6 Å². The molecule has 28 heavy (non-hydrogen) atoms. The van der Waals surface area contributed by atoms with Crippen molar-refractivity contribution in [1.82, 2.24) is 9.80 Å². The van der Waals surface area contributed by atoms with Gasteiger partial charge in [-0.15, -0.1) is 0 Å². The Bertz CT molecular complexity index is 404. The van der Waals surface area contributed by atoms with Crippen LogP contribution >= 0.6 is 0 Å². The average molecular weight is 401 g/mol. The molecule has 0 aromatic heterocycles. The molecular formula is C20H36N2O6. The van der Waals surface area contributed by atoms with Gasteiger partial charge in [0.15, 0.2) is 0 Å². The summed E-state index contributed by atoms with van der Waals surface area (Å²) in [5.41, 5.74) is 0.392. The van der Waals surface area contributed by atoms with Crippen LogP contribution in [0.15, 0.2) is 0 Å². The summed E-state index contributed by atoms with van der Waals surface area (Å²) in [5, 5.41) is 8.37. The molecule has 0 amide bonds. The standard InChI is InChI=1S/C10H16N2O4.C10H20O2/c13-7-3-11(4-8-14)1-2-12(5-9-15)6-10-16;1-10(2,3)8-6-4-5-7-9(11)12/h7-10H,1-6H2;4-8H2,1-3H3,(H,11,12). The SMILES string of the molecule is CC(C)(C)CCCCCC(=O)O.O=CCN(CC=O)CCN(CC=O)CC=O. The van der Waals surface area contributed by atoms with E-state index in [9.17, 15) is 24.0 Å². The Morgan fingerprint density at radius 3 is 1.43 bits per heavy atom. The second kappa shape index (κ2) is 18.4. The molecule has 0 bridgehead atoms. The van der Waals surface area contributed by atoms with Gasteiger partial charge in [-0.05, 0) is 18.3 Å². The summed E-state index contributed by atoms with van der Waals surface area (Å²) in [5.74, 6) is -0.675. The third-order valence-electron chi connectivity index (χ3n) is 3.88. The second-order valence-corrected chi connectivity index (χ2v) is 7.70. The molecule has 0 aliphatic heterocycles. The number of carboxylic acid groups (broad SMARTS) is 1. The quantitative estimate of drug-likeness (QED) is 0.306. The van der Waals surface area contributed by atoms with Gasteiger partial charge in [-0.1, -0.05) is 33.6 Å². The molecular weight excluding hydrogens is 364 g/mol. The van der Waals surface area contributed by atoms with Crippen LogP contribution in [0.4, 0.5) is 0 Å². The van der Waals surface area contributed by atoms with Gasteiger partial charge in [0, 0.05) is 19.5 Å². The summed E-state index contributed by atoms with van der Waals surface area (Å²) >= 11 is 0. The maximum absolute atomic E-state index is 10.3. The molecule has 0 fully saturated rings. The first-order valence-corrected chi connectivity index (χ1v) is 9.61. The number of carbonyl (C=O) groups excluding carboxylic acids is 4. The van der Waals surface area contributed by atoms with Crippen LogP contribution in [0.3, 0.4) is 0 Å². The number of aliphatic carboxylic acids is 1. The Labute approximate surface area is 168 Å². The van der Waals surface area contributed by atoms with Crippen LogP contribution in [0.2, 0.25) is 0 Å². The van der Waals surface area contributed by atoms with Gasteiger partial charge >= 0.3 is 5.97 Å². The molecule has 0 aliphatic carbocycles. The van der Waals surface area contributed by atoms with Gasteiger partial charge in [0.2, 0.25) is 0 Å². The highest BCUT2D eigenvalue weighted by molar-refractivity contribution is 5.66. The zero-order valence-corrected chi connectivity index (χ0v) is 17.5. The largest absolute Gasteiger partial charge is 0.481 e. The zero-order valence-electron chi connectivity index (χ0n) is 17.5. The minimum Gasteiger partial charge on any atom is -0.481 e. The monoisotopic (exact) mass is 400 g/mol. The molecule has 0 heterocycles. The summed E-state index contributed by atoms with van der Waals surface area (Å²) in [4.78, 5) is 54.7. The number of hydrogen-bond acceptors (Lipinski definition) is 7. The lowest BCUT2D eigenvalue weighted by atomic mass is 9.89. The highest BCUT2D eigenvalue weighted by atomic mass is 16.4. The smallest absolute Gasteiger partial charge is 0.303 e. The van der Waals surface area contributed by atoms with E-state index in [2.05, 4.69) is 20.8 Å². The van der Waals surface area contributed by atoms with Crippen molar-refractivity contribution in [1.29, 1.82) is 0 Å². The van der Waals surface area contributed by atoms with E-state index < -0.39 is 5.97 Å². The third-order valence-corrected chi connectivity index (χ3v) is 3.88. The number of carbonyl (C=O) groups is 5. The van der Waals surface area contributed by atoms with Gasteiger partial charge in [0.25, 0.3) is 0 Å². The van der Waals surface area contributed by atoms with Crippen molar-refractivity contribution in [3.8, 4) is 0 Å². The van der Waals surface area contributed by atoms with Crippen LogP contribution in [-0.2, 0) is 24.0 Å². The van der Waals surface area contributed by atoms with Crippen LogP contribution in [-0.4, -0.2) is 85.3 Å². The van der Waals surface area contributed by atoms with E-state index in [1.165, 1.54) is 6.42 Å². The Balaban J connectivity index is 0. The molecule has 0 saturated heterocycles. The van der Waals surface area contributed by atoms with Crippen LogP contribution in [0, 0.1) is 5.41 Å². The number of hydrogen-bond donors (Lipinski definition) is 1. The number of unbranched alkanes of at least 4 members (excludes halogenated alkanes) is 2. The molecule has 0 radical (unpaired) electrons. The van der Waals surface area contributed by atoms with E-state index in [1.807, 2.05) is 0 Å². The second-order valence-electron chi connectivity index (χ2n) is 7.70. The fraction of sp³-hybridized carbons (Fsp3) is 0.750. The van der Waals surface area contributed by atoms with Crippen molar-refractivity contribution in [3.63, 3.8) is 0 Å². The van der Waals surface area contributed by atoms with Gasteiger partial charge < -0.3 is 24.3 Å². The van der Waals surface area contributed by atoms with E-state index in [4.69, 9.17) is 5.11 Å². The van der Waals surface area contributed by atoms with Crippen LogP contribution in [0.1, 0.15) is 52.9 Å². The summed E-state index contributed by atoms with van der Waals surface area (Å²) in [7, 11) is 0. The molecule has 0 aromatic carbocycles. The number of nitrogens with zero attached hydrogens (tertiary/aromatic N) is 2. The Kier molecular flexibility index (Phi) is 18.6. The lowest BCUT2D eigenvalue weighted by molar-refractivity contribution is -0.137. The minimum absolute atomic E-state index is 0.175. The molecule has 0 spiro atoms. The summed E-state index contributed by atoms with van der Waals surface area (Å²) in [6.45, 7) is 8.28. The van der Waals surface area contributed by atoms with E-state index in [0.29, 0.717) is 50.1 Å². The fourth-order valence-corrected chi connectivity index (χ4v) is 2.33. The molecule has 162 valence electrons. The topological polar surface area (TPSA) is 112 Å². The van der Waals surface area contributed by atoms with Crippen molar-refractivity contribution in [3.05, 3.63) is 0 Å². The highest BCUT2D eigenvalue weighted by Gasteiger charge is 2.09. The molecule has 0 aromatic rings. The Morgan fingerprint density at radius 2 is 1.14 bits per heavy atom. The molecule has 0 aliphatic rings. The molecule has 8 nitrogen and oxygen atoms in total. The molecule has 0 saturated carbocycles. The predicted molar refractivity (Wildman–Crippen MR) is 107 cm³/mol. The fourth-order valence-electron chi connectivity index (χ4n) is 2.33. The first kappa shape index (κ1) is 28.3. The first-order chi connectivity index (χ1) is 13.2. The van der Waals surface area contributed by atoms with Crippen molar-refractivity contribution in [2.24, 2.45) is 5.41 Å². The van der Waals surface area contributed by atoms with Crippen molar-refractivity contribution in [2.45, 2.75) is 52.9 Å². The Morgan fingerprint density at radius 1 is 0.750 bits per heavy atom. The summed E-state index contributed by atoms with van der Waals surface area (Å²) in [6, 6.07) is 0. The van der Waals surface area contributed by atoms with Crippen LogP contribution in [0.5, 0.6) is 0 Å². The molecule has 0 rings (SSSR count). The molecule has 8 heteroatoms. The molecule has 0 atom stereocenters. The van der Waals surface area contributed by atoms with Crippen LogP contribution < -0.4 is 0 Å². The third kappa shape index (κ3) is 22.1. The summed E-state index contributed by atoms with van der Waals surface area (Å²) < 4.78 is 0. The Hall–Kier alpha value is -1.93. The van der Waals surface area contributed by atoms with Crippen molar-refractivity contribution < 1.29 is 29.1 Å².